The Hall–Kier alpha value is -4.56. The van der Waals surface area contributed by atoms with Gasteiger partial charge in [-0.25, -0.2) is 4.79 Å². The molecular weight excluding hydrogens is 578 g/mol. The Morgan fingerprint density at radius 1 is 0.930 bits per heavy atom. The number of carbonyl (C=O) groups is 7. The average molecular weight is 618 g/mol. The van der Waals surface area contributed by atoms with Crippen molar-refractivity contribution in [2.24, 2.45) is 22.2 Å². The van der Waals surface area contributed by atoms with Crippen molar-refractivity contribution >= 4 is 47.4 Å². The minimum atomic E-state index is -1.49. The van der Waals surface area contributed by atoms with Gasteiger partial charge in [-0.15, -0.1) is 0 Å². The van der Waals surface area contributed by atoms with E-state index in [0.29, 0.717) is 0 Å². The third kappa shape index (κ3) is 12.5. The monoisotopic (exact) mass is 617 g/mol. The molecule has 0 saturated carbocycles. The first-order valence-electron chi connectivity index (χ1n) is 13.2. The maximum Gasteiger partial charge on any atom is 0.326 e. The number of guanidine groups is 1. The van der Waals surface area contributed by atoms with Crippen molar-refractivity contribution in [3.8, 4) is 0 Å². The zero-order valence-electron chi connectivity index (χ0n) is 23.2. The Kier molecular flexibility index (Phi) is 15.3. The zero-order chi connectivity index (χ0) is 32.7. The van der Waals surface area contributed by atoms with Crippen molar-refractivity contribution in [1.29, 1.82) is 0 Å². The molecule has 0 aromatic carbocycles. The minimum absolute atomic E-state index is 0.0207. The number of carbonyl (C=O) groups excluding carboxylic acids is 5. The van der Waals surface area contributed by atoms with E-state index in [1.807, 2.05) is 0 Å². The minimum Gasteiger partial charge on any atom is -0.481 e. The Labute approximate surface area is 245 Å². The van der Waals surface area contributed by atoms with Gasteiger partial charge in [0.05, 0.1) is 25.8 Å². The number of hydrogen-bond acceptors (Lipinski definition) is 11. The number of carboxylic acid groups (broad SMARTS) is 2. The highest BCUT2D eigenvalue weighted by molar-refractivity contribution is 5.95. The van der Waals surface area contributed by atoms with Crippen LogP contribution in [0.15, 0.2) is 4.99 Å². The number of rotatable bonds is 18. The number of aliphatic hydroxyl groups is 2. The largest absolute Gasteiger partial charge is 0.481 e. The lowest BCUT2D eigenvalue weighted by molar-refractivity contribution is -0.144. The molecule has 0 aliphatic carbocycles. The normalized spacial score (nSPS) is 18.0. The van der Waals surface area contributed by atoms with E-state index in [1.165, 1.54) is 0 Å². The van der Waals surface area contributed by atoms with Crippen LogP contribution >= 0.6 is 0 Å². The highest BCUT2D eigenvalue weighted by Gasteiger charge is 2.43. The molecule has 1 rings (SSSR count). The molecule has 1 aliphatic rings. The molecule has 5 amide bonds. The first-order chi connectivity index (χ1) is 20.2. The van der Waals surface area contributed by atoms with Gasteiger partial charge in [-0.2, -0.15) is 0 Å². The highest BCUT2D eigenvalue weighted by Crippen LogP contribution is 2.19. The van der Waals surface area contributed by atoms with E-state index in [2.05, 4.69) is 26.3 Å². The predicted octanol–water partition coefficient (Wildman–Crippen LogP) is -6.53. The molecule has 242 valence electrons. The van der Waals surface area contributed by atoms with Crippen LogP contribution in [0.2, 0.25) is 0 Å². The van der Waals surface area contributed by atoms with Crippen LogP contribution < -0.4 is 38.5 Å². The number of nitrogens with zero attached hydrogens (tertiary/aromatic N) is 2. The maximum atomic E-state index is 12.8. The van der Waals surface area contributed by atoms with Gasteiger partial charge in [-0.3, -0.25) is 33.8 Å². The number of carboxylic acids is 2. The van der Waals surface area contributed by atoms with E-state index < -0.39 is 104 Å². The molecule has 43 heavy (non-hydrogen) atoms. The third-order valence-electron chi connectivity index (χ3n) is 6.20. The fraction of sp³-hybridized carbons (Fsp3) is 0.652. The van der Waals surface area contributed by atoms with E-state index in [4.69, 9.17) is 22.3 Å². The third-order valence-corrected chi connectivity index (χ3v) is 6.20. The van der Waals surface area contributed by atoms with Crippen molar-refractivity contribution in [3.05, 3.63) is 0 Å². The Balaban J connectivity index is 2.86. The second-order valence-corrected chi connectivity index (χ2v) is 9.46. The van der Waals surface area contributed by atoms with Crippen LogP contribution in [0.3, 0.4) is 0 Å². The number of nitrogens with one attached hydrogen (secondary N) is 4. The van der Waals surface area contributed by atoms with Gasteiger partial charge in [0.15, 0.2) is 5.96 Å². The molecule has 0 aromatic rings. The van der Waals surface area contributed by atoms with E-state index in [1.54, 1.807) is 0 Å². The SMILES string of the molecule is NCC(=O)N[C@@H](CO)C(=O)N1CC[C@H](O)[C@H]1C(=O)NCC(=O)N[C@@H](CCC(=O)O)C(=O)N[C@@H](CCCN=C(N)N)C(=O)O. The van der Waals surface area contributed by atoms with Crippen LogP contribution in [0.5, 0.6) is 0 Å². The van der Waals surface area contributed by atoms with Crippen LogP contribution in [0.1, 0.15) is 32.1 Å². The summed E-state index contributed by atoms with van der Waals surface area (Å²) in [6.45, 7) is -2.06. The molecule has 5 atom stereocenters. The summed E-state index contributed by atoms with van der Waals surface area (Å²) in [5.74, 6) is -7.43. The number of aliphatic hydroxyl groups excluding tert-OH is 2. The van der Waals surface area contributed by atoms with Crippen LogP contribution in [0.25, 0.3) is 0 Å². The van der Waals surface area contributed by atoms with Gasteiger partial charge in [0, 0.05) is 19.5 Å². The second kappa shape index (κ2) is 18.1. The summed E-state index contributed by atoms with van der Waals surface area (Å²) < 4.78 is 0. The molecule has 0 unspecified atom stereocenters. The van der Waals surface area contributed by atoms with Gasteiger partial charge in [-0.1, -0.05) is 0 Å². The summed E-state index contributed by atoms with van der Waals surface area (Å²) >= 11 is 0. The molecule has 1 fully saturated rings. The number of aliphatic imine (C=N–C) groups is 1. The van der Waals surface area contributed by atoms with Gasteiger partial charge >= 0.3 is 11.9 Å². The number of hydrogen-bond donors (Lipinski definition) is 11. The summed E-state index contributed by atoms with van der Waals surface area (Å²) in [5, 5.41) is 47.1. The quantitative estimate of drug-likeness (QED) is 0.0387. The summed E-state index contributed by atoms with van der Waals surface area (Å²) in [5.41, 5.74) is 15.6. The van der Waals surface area contributed by atoms with E-state index in [9.17, 15) is 48.9 Å². The Bertz CT molecular complexity index is 1070. The number of likely N-dealkylation sites (tertiary alicyclic amines) is 1. The van der Waals surface area contributed by atoms with Crippen LogP contribution in [-0.2, 0) is 33.6 Å². The van der Waals surface area contributed by atoms with Gasteiger partial charge in [0.25, 0.3) is 0 Å². The Morgan fingerprint density at radius 3 is 2.14 bits per heavy atom. The molecule has 0 radical (unpaired) electrons. The lowest BCUT2D eigenvalue weighted by Gasteiger charge is -2.28. The molecule has 0 spiro atoms. The molecule has 1 aliphatic heterocycles. The van der Waals surface area contributed by atoms with Gasteiger partial charge in [0.2, 0.25) is 29.5 Å². The molecule has 1 heterocycles. The number of nitrogens with two attached hydrogens (primary N) is 3. The molecule has 14 N–H and O–H groups in total. The molecule has 0 aromatic heterocycles. The first kappa shape index (κ1) is 36.5. The number of amides is 5. The highest BCUT2D eigenvalue weighted by atomic mass is 16.4. The predicted molar refractivity (Wildman–Crippen MR) is 145 cm³/mol. The zero-order valence-corrected chi connectivity index (χ0v) is 23.2. The number of aliphatic carboxylic acids is 2. The molecular formula is C23H39N9O11. The lowest BCUT2D eigenvalue weighted by atomic mass is 10.1. The van der Waals surface area contributed by atoms with E-state index in [0.717, 1.165) is 4.90 Å². The first-order valence-corrected chi connectivity index (χ1v) is 13.2. The lowest BCUT2D eigenvalue weighted by Crippen LogP contribution is -2.58. The van der Waals surface area contributed by atoms with Crippen molar-refractivity contribution in [1.82, 2.24) is 26.2 Å². The van der Waals surface area contributed by atoms with Gasteiger partial charge < -0.3 is 63.8 Å². The summed E-state index contributed by atoms with van der Waals surface area (Å²) in [7, 11) is 0. The molecule has 20 nitrogen and oxygen atoms in total. The van der Waals surface area contributed by atoms with Crippen molar-refractivity contribution in [3.63, 3.8) is 0 Å². The summed E-state index contributed by atoms with van der Waals surface area (Å²) in [6, 6.07) is -5.82. The summed E-state index contributed by atoms with van der Waals surface area (Å²) in [4.78, 5) is 89.8. The second-order valence-electron chi connectivity index (χ2n) is 9.46. The summed E-state index contributed by atoms with van der Waals surface area (Å²) in [6.07, 6.45) is -2.25. The fourth-order valence-electron chi connectivity index (χ4n) is 4.07. The topological polar surface area (TPSA) is 342 Å². The van der Waals surface area contributed by atoms with Crippen LogP contribution in [-0.4, -0.2) is 136 Å². The molecule has 0 bridgehead atoms. The Morgan fingerprint density at radius 2 is 1.58 bits per heavy atom. The van der Waals surface area contributed by atoms with Crippen molar-refractivity contribution < 1.29 is 54.0 Å². The van der Waals surface area contributed by atoms with Crippen LogP contribution in [0.4, 0.5) is 0 Å². The average Bonchev–Trinajstić information content (AvgIpc) is 3.34. The standard InChI is InChI=1S/C23H39N9O11/c24-8-15(35)30-13(10-33)21(41)32-7-5-14(34)18(32)20(40)28-9-16(36)29-11(3-4-17(37)38)19(39)31-12(22(42)43)2-1-6-27-23(25)26/h11-14,18,33-34H,1-10,24H2,(H,28,40)(H,29,36)(H,30,35)(H,31,39)(H,37,38)(H,42,43)(H4,25,26,27)/t11-,12-,13-,14-,18-/m0/s1. The fourth-order valence-corrected chi connectivity index (χ4v) is 4.07. The van der Waals surface area contributed by atoms with E-state index >= 15 is 0 Å². The smallest absolute Gasteiger partial charge is 0.326 e. The van der Waals surface area contributed by atoms with Gasteiger partial charge in [-0.05, 0) is 25.7 Å². The molecule has 20 heteroatoms. The van der Waals surface area contributed by atoms with Crippen molar-refractivity contribution in [2.75, 3.05) is 32.8 Å². The van der Waals surface area contributed by atoms with Gasteiger partial charge in [0.1, 0.15) is 24.2 Å². The maximum absolute atomic E-state index is 12.8. The van der Waals surface area contributed by atoms with Crippen molar-refractivity contribution in [2.45, 2.75) is 62.4 Å². The van der Waals surface area contributed by atoms with E-state index in [-0.39, 0.29) is 38.3 Å². The molecule has 1 saturated heterocycles. The van der Waals surface area contributed by atoms with Crippen LogP contribution in [0, 0.1) is 0 Å².